The Balaban J connectivity index is 1.78. The van der Waals surface area contributed by atoms with E-state index in [0.717, 1.165) is 46.9 Å². The van der Waals surface area contributed by atoms with Gasteiger partial charge in [0.2, 0.25) is 0 Å². The number of ether oxygens (including phenoxy) is 5. The topological polar surface area (TPSA) is 66.5 Å². The van der Waals surface area contributed by atoms with Crippen LogP contribution in [0.2, 0.25) is 0 Å². The average molecular weight is 523 g/mol. The smallest absolute Gasteiger partial charge is 0.411 e. The quantitative estimate of drug-likeness (QED) is 0.178. The lowest BCUT2D eigenvalue weighted by Crippen LogP contribution is -2.31. The van der Waals surface area contributed by atoms with Crippen LogP contribution in [0.3, 0.4) is 0 Å². The molecule has 2 atom stereocenters. The summed E-state index contributed by atoms with van der Waals surface area (Å²) in [6.07, 6.45) is -2.13. The summed E-state index contributed by atoms with van der Waals surface area (Å²) < 4.78 is 64.9. The van der Waals surface area contributed by atoms with Crippen molar-refractivity contribution in [3.8, 4) is 11.5 Å². The monoisotopic (exact) mass is 522 g/mol. The second kappa shape index (κ2) is 13.5. The molecule has 2 unspecified atom stereocenters. The van der Waals surface area contributed by atoms with E-state index in [0.29, 0.717) is 25.4 Å². The van der Waals surface area contributed by atoms with Gasteiger partial charge in [-0.3, -0.25) is 0 Å². The standard InChI is InChI=1S/C28H33F3O6/c1-4-8-20-10-7-12-22(27(20)36-16-23-15-34-23)13-21-11-6-9-19(3)26(21)35-17-24(37-25(32)5-2)14-33-18-28(29,30)31/h5-7,9-12,23-24H,2,4,8,13-18H2,1,3H3. The van der Waals surface area contributed by atoms with Crippen LogP contribution >= 0.6 is 0 Å². The molecule has 0 saturated carbocycles. The molecule has 0 aromatic heterocycles. The third-order valence-corrected chi connectivity index (χ3v) is 5.62. The van der Waals surface area contributed by atoms with Gasteiger partial charge in [0.25, 0.3) is 0 Å². The van der Waals surface area contributed by atoms with Gasteiger partial charge in [0.15, 0.2) is 6.10 Å². The maximum atomic E-state index is 12.5. The highest BCUT2D eigenvalue weighted by atomic mass is 19.4. The van der Waals surface area contributed by atoms with Gasteiger partial charge in [-0.15, -0.1) is 0 Å². The van der Waals surface area contributed by atoms with Crippen molar-refractivity contribution in [2.45, 2.75) is 51.5 Å². The number of alkyl halides is 3. The fourth-order valence-corrected chi connectivity index (χ4v) is 3.84. The van der Waals surface area contributed by atoms with Crippen molar-refractivity contribution < 1.29 is 41.7 Å². The van der Waals surface area contributed by atoms with Gasteiger partial charge in [-0.1, -0.05) is 56.3 Å². The van der Waals surface area contributed by atoms with E-state index in [1.54, 1.807) is 0 Å². The number of para-hydroxylation sites is 2. The number of halogens is 3. The van der Waals surface area contributed by atoms with Gasteiger partial charge in [-0.2, -0.15) is 13.2 Å². The zero-order valence-corrected chi connectivity index (χ0v) is 21.1. The van der Waals surface area contributed by atoms with Crippen molar-refractivity contribution in [2.75, 3.05) is 33.0 Å². The maximum Gasteiger partial charge on any atom is 0.411 e. The second-order valence-electron chi connectivity index (χ2n) is 8.87. The molecular formula is C28H33F3O6. The van der Waals surface area contributed by atoms with Crippen LogP contribution in [0.1, 0.15) is 35.6 Å². The highest BCUT2D eigenvalue weighted by Gasteiger charge is 2.29. The molecule has 0 aliphatic carbocycles. The summed E-state index contributed by atoms with van der Waals surface area (Å²) in [5.74, 6) is 0.629. The Labute approximate surface area is 215 Å². The van der Waals surface area contributed by atoms with Crippen LogP contribution in [-0.4, -0.2) is 57.4 Å². The molecule has 9 heteroatoms. The average Bonchev–Trinajstić information content (AvgIpc) is 3.67. The number of aryl methyl sites for hydroxylation is 2. The molecule has 2 aromatic carbocycles. The molecule has 1 aliphatic heterocycles. The number of esters is 1. The predicted molar refractivity (Wildman–Crippen MR) is 132 cm³/mol. The Bertz CT molecular complexity index is 1050. The van der Waals surface area contributed by atoms with Gasteiger partial charge in [-0.05, 0) is 35.6 Å². The molecule has 202 valence electrons. The first-order valence-electron chi connectivity index (χ1n) is 12.2. The molecule has 1 fully saturated rings. The molecule has 3 rings (SSSR count). The number of hydrogen-bond donors (Lipinski definition) is 0. The minimum Gasteiger partial charge on any atom is -0.490 e. The third-order valence-electron chi connectivity index (χ3n) is 5.62. The van der Waals surface area contributed by atoms with Crippen molar-refractivity contribution >= 4 is 5.97 Å². The Kier molecular flexibility index (Phi) is 10.4. The molecule has 6 nitrogen and oxygen atoms in total. The number of carbonyl (C=O) groups excluding carboxylic acids is 1. The van der Waals surface area contributed by atoms with Crippen molar-refractivity contribution in [2.24, 2.45) is 0 Å². The van der Waals surface area contributed by atoms with Gasteiger partial charge >= 0.3 is 12.1 Å². The molecule has 37 heavy (non-hydrogen) atoms. The van der Waals surface area contributed by atoms with E-state index in [2.05, 4.69) is 19.6 Å². The van der Waals surface area contributed by atoms with Crippen molar-refractivity contribution in [1.29, 1.82) is 0 Å². The molecular weight excluding hydrogens is 489 g/mol. The van der Waals surface area contributed by atoms with Crippen LogP contribution in [0, 0.1) is 6.92 Å². The zero-order valence-electron chi connectivity index (χ0n) is 21.1. The summed E-state index contributed by atoms with van der Waals surface area (Å²) in [4.78, 5) is 11.7. The van der Waals surface area contributed by atoms with E-state index in [4.69, 9.17) is 23.7 Å². The van der Waals surface area contributed by atoms with Crippen molar-refractivity contribution in [3.05, 3.63) is 71.3 Å². The van der Waals surface area contributed by atoms with Gasteiger partial charge in [0, 0.05) is 12.5 Å². The molecule has 1 heterocycles. The molecule has 1 saturated heterocycles. The Hall–Kier alpha value is -3.04. The van der Waals surface area contributed by atoms with Gasteiger partial charge in [-0.25, -0.2) is 4.79 Å². The molecule has 2 aromatic rings. The van der Waals surface area contributed by atoms with Crippen LogP contribution in [0.15, 0.2) is 49.1 Å². The highest BCUT2D eigenvalue weighted by Crippen LogP contribution is 2.32. The van der Waals surface area contributed by atoms with Crippen LogP contribution in [0.4, 0.5) is 13.2 Å². The van der Waals surface area contributed by atoms with E-state index in [-0.39, 0.29) is 12.7 Å². The number of carbonyl (C=O) groups is 1. The van der Waals surface area contributed by atoms with Crippen molar-refractivity contribution in [1.82, 2.24) is 0 Å². The first-order valence-corrected chi connectivity index (χ1v) is 12.2. The summed E-state index contributed by atoms with van der Waals surface area (Å²) in [6, 6.07) is 11.8. The first kappa shape index (κ1) is 28.5. The zero-order chi connectivity index (χ0) is 26.8. The van der Waals surface area contributed by atoms with E-state index < -0.39 is 31.5 Å². The maximum absolute atomic E-state index is 12.5. The van der Waals surface area contributed by atoms with E-state index in [1.807, 2.05) is 37.3 Å². The lowest BCUT2D eigenvalue weighted by molar-refractivity contribution is -0.183. The summed E-state index contributed by atoms with van der Waals surface area (Å²) in [5.41, 5.74) is 3.81. The third kappa shape index (κ3) is 9.40. The molecule has 0 bridgehead atoms. The van der Waals surface area contributed by atoms with Gasteiger partial charge in [0.05, 0.1) is 13.2 Å². The predicted octanol–water partition coefficient (Wildman–Crippen LogP) is 5.37. The van der Waals surface area contributed by atoms with Crippen LogP contribution in [0.5, 0.6) is 11.5 Å². The molecule has 0 radical (unpaired) electrons. The largest absolute Gasteiger partial charge is 0.490 e. The van der Waals surface area contributed by atoms with Gasteiger partial charge in [0.1, 0.15) is 37.4 Å². The molecule has 0 N–H and O–H groups in total. The van der Waals surface area contributed by atoms with E-state index in [1.165, 1.54) is 0 Å². The van der Waals surface area contributed by atoms with E-state index in [9.17, 15) is 18.0 Å². The minimum atomic E-state index is -4.49. The fourth-order valence-electron chi connectivity index (χ4n) is 3.84. The summed E-state index contributed by atoms with van der Waals surface area (Å²) in [5, 5.41) is 0. The van der Waals surface area contributed by atoms with Crippen LogP contribution in [0.25, 0.3) is 0 Å². The fraction of sp³-hybridized carbons (Fsp3) is 0.464. The minimum absolute atomic E-state index is 0.121. The van der Waals surface area contributed by atoms with Gasteiger partial charge < -0.3 is 23.7 Å². The first-order chi connectivity index (χ1) is 17.7. The van der Waals surface area contributed by atoms with E-state index >= 15 is 0 Å². The van der Waals surface area contributed by atoms with Crippen LogP contribution < -0.4 is 9.47 Å². The summed E-state index contributed by atoms with van der Waals surface area (Å²) in [7, 11) is 0. The summed E-state index contributed by atoms with van der Waals surface area (Å²) in [6.45, 7) is 6.39. The van der Waals surface area contributed by atoms with Crippen LogP contribution in [-0.2, 0) is 31.8 Å². The number of benzene rings is 2. The Morgan fingerprint density at radius 3 is 2.43 bits per heavy atom. The molecule has 0 amide bonds. The molecule has 0 spiro atoms. The second-order valence-corrected chi connectivity index (χ2v) is 8.87. The Morgan fingerprint density at radius 1 is 1.11 bits per heavy atom. The van der Waals surface area contributed by atoms with Crippen molar-refractivity contribution in [3.63, 3.8) is 0 Å². The summed E-state index contributed by atoms with van der Waals surface area (Å²) >= 11 is 0. The molecule has 1 aliphatic rings. The SMILES string of the molecule is C=CC(=O)OC(COCC(F)(F)F)COc1c(C)cccc1Cc1cccc(CCC)c1OCC1CO1. The number of epoxide rings is 1. The number of hydrogen-bond acceptors (Lipinski definition) is 6. The Morgan fingerprint density at radius 2 is 1.78 bits per heavy atom. The lowest BCUT2D eigenvalue weighted by atomic mass is 9.97. The lowest BCUT2D eigenvalue weighted by Gasteiger charge is -2.21. The highest BCUT2D eigenvalue weighted by molar-refractivity contribution is 5.81. The number of rotatable bonds is 15. The normalized spacial score (nSPS) is 15.6.